The lowest BCUT2D eigenvalue weighted by atomic mass is 9.97. The van der Waals surface area contributed by atoms with Crippen LogP contribution in [0.25, 0.3) is 0 Å². The van der Waals surface area contributed by atoms with Gasteiger partial charge in [-0.2, -0.15) is 0 Å². The highest BCUT2D eigenvalue weighted by Crippen LogP contribution is 2.28. The van der Waals surface area contributed by atoms with E-state index < -0.39 is 16.0 Å². The third-order valence-corrected chi connectivity index (χ3v) is 4.74. The Kier molecular flexibility index (Phi) is 4.84. The van der Waals surface area contributed by atoms with Crippen molar-refractivity contribution in [2.24, 2.45) is 5.14 Å². The molecule has 1 aromatic rings. The van der Waals surface area contributed by atoms with Crippen LogP contribution in [0.4, 0.5) is 5.69 Å². The fourth-order valence-electron chi connectivity index (χ4n) is 2.76. The molecule has 1 heterocycles. The predicted octanol–water partition coefficient (Wildman–Crippen LogP) is 1.56. The van der Waals surface area contributed by atoms with Crippen molar-refractivity contribution in [2.75, 3.05) is 11.4 Å². The molecule has 3 N–H and O–H groups in total. The van der Waals surface area contributed by atoms with Gasteiger partial charge >= 0.3 is 5.97 Å². The molecule has 0 radical (unpaired) electrons. The number of hydrogen-bond donors (Lipinski definition) is 2. The van der Waals surface area contributed by atoms with Crippen LogP contribution >= 0.6 is 0 Å². The molecule has 0 amide bonds. The number of sulfonamides is 1. The van der Waals surface area contributed by atoms with Crippen molar-refractivity contribution in [3.8, 4) is 0 Å². The van der Waals surface area contributed by atoms with Gasteiger partial charge in [0, 0.05) is 24.7 Å². The van der Waals surface area contributed by atoms with Crippen LogP contribution < -0.4 is 10.0 Å². The van der Waals surface area contributed by atoms with Gasteiger partial charge < -0.3 is 10.0 Å². The Hall–Kier alpha value is -1.60. The van der Waals surface area contributed by atoms with Gasteiger partial charge in [0.05, 0.1) is 4.90 Å². The number of benzene rings is 1. The van der Waals surface area contributed by atoms with Crippen LogP contribution in [0, 0.1) is 0 Å². The molecule has 1 aromatic carbocycles. The predicted molar refractivity (Wildman–Crippen MR) is 79.7 cm³/mol. The second-order valence-corrected chi connectivity index (χ2v) is 6.88. The minimum Gasteiger partial charge on any atom is -0.481 e. The van der Waals surface area contributed by atoms with Crippen molar-refractivity contribution in [3.05, 3.63) is 24.3 Å². The lowest BCUT2D eigenvalue weighted by Gasteiger charge is -2.37. The van der Waals surface area contributed by atoms with Gasteiger partial charge in [0.25, 0.3) is 0 Å². The first-order chi connectivity index (χ1) is 9.88. The Labute approximate surface area is 124 Å². The number of anilines is 1. The minimum absolute atomic E-state index is 0.0883. The van der Waals surface area contributed by atoms with E-state index in [2.05, 4.69) is 4.90 Å². The summed E-state index contributed by atoms with van der Waals surface area (Å²) in [5, 5.41) is 13.9. The van der Waals surface area contributed by atoms with E-state index in [1.807, 2.05) is 0 Å². The molecule has 6 nitrogen and oxygen atoms in total. The molecule has 1 aliphatic rings. The zero-order chi connectivity index (χ0) is 15.5. The molecule has 1 saturated heterocycles. The van der Waals surface area contributed by atoms with Crippen LogP contribution in [0.5, 0.6) is 0 Å². The molecule has 1 atom stereocenters. The topological polar surface area (TPSA) is 101 Å². The number of hydrogen-bond acceptors (Lipinski definition) is 4. The van der Waals surface area contributed by atoms with Crippen molar-refractivity contribution in [3.63, 3.8) is 0 Å². The smallest absolute Gasteiger partial charge is 0.303 e. The zero-order valence-corrected chi connectivity index (χ0v) is 12.6. The SMILES string of the molecule is NS(=O)(=O)c1ccc(N2CCCCC2CCC(=O)O)cc1. The van der Waals surface area contributed by atoms with E-state index in [9.17, 15) is 13.2 Å². The van der Waals surface area contributed by atoms with Gasteiger partial charge in [-0.15, -0.1) is 0 Å². The summed E-state index contributed by atoms with van der Waals surface area (Å²) in [6.45, 7) is 0.860. The average Bonchev–Trinajstić information content (AvgIpc) is 2.44. The molecule has 0 saturated carbocycles. The minimum atomic E-state index is -3.68. The van der Waals surface area contributed by atoms with Gasteiger partial charge in [-0.05, 0) is 49.9 Å². The fraction of sp³-hybridized carbons (Fsp3) is 0.500. The summed E-state index contributed by atoms with van der Waals surface area (Å²) < 4.78 is 22.5. The van der Waals surface area contributed by atoms with Crippen molar-refractivity contribution in [1.29, 1.82) is 0 Å². The Balaban J connectivity index is 2.15. The molecule has 0 spiro atoms. The maximum Gasteiger partial charge on any atom is 0.303 e. The number of primary sulfonamides is 1. The number of piperidine rings is 1. The summed E-state index contributed by atoms with van der Waals surface area (Å²) in [6, 6.07) is 6.65. The molecule has 21 heavy (non-hydrogen) atoms. The largest absolute Gasteiger partial charge is 0.481 e. The third-order valence-electron chi connectivity index (χ3n) is 3.82. The van der Waals surface area contributed by atoms with Crippen LogP contribution in [-0.2, 0) is 14.8 Å². The number of carboxylic acids is 1. The number of aliphatic carboxylic acids is 1. The summed E-state index contributed by atoms with van der Waals surface area (Å²) in [5.74, 6) is -0.787. The number of rotatable bonds is 5. The van der Waals surface area contributed by atoms with Gasteiger partial charge in [0.2, 0.25) is 10.0 Å². The van der Waals surface area contributed by atoms with Gasteiger partial charge in [-0.3, -0.25) is 4.79 Å². The van der Waals surface area contributed by atoms with Crippen molar-refractivity contribution >= 4 is 21.7 Å². The number of carboxylic acid groups (broad SMARTS) is 1. The van der Waals surface area contributed by atoms with Crippen LogP contribution in [0.2, 0.25) is 0 Å². The highest BCUT2D eigenvalue weighted by Gasteiger charge is 2.23. The average molecular weight is 312 g/mol. The quantitative estimate of drug-likeness (QED) is 0.859. The first-order valence-electron chi connectivity index (χ1n) is 6.99. The summed E-state index contributed by atoms with van der Waals surface area (Å²) in [6.07, 6.45) is 3.86. The van der Waals surface area contributed by atoms with E-state index in [1.165, 1.54) is 12.1 Å². The van der Waals surface area contributed by atoms with Gasteiger partial charge in [-0.1, -0.05) is 0 Å². The first kappa shape index (κ1) is 15.8. The van der Waals surface area contributed by atoms with E-state index in [0.29, 0.717) is 6.42 Å². The van der Waals surface area contributed by atoms with Gasteiger partial charge in [0.1, 0.15) is 0 Å². The molecular weight excluding hydrogens is 292 g/mol. The molecule has 0 bridgehead atoms. The molecule has 7 heteroatoms. The molecule has 1 fully saturated rings. The van der Waals surface area contributed by atoms with Crippen LogP contribution in [0.1, 0.15) is 32.1 Å². The second kappa shape index (κ2) is 6.44. The highest BCUT2D eigenvalue weighted by molar-refractivity contribution is 7.89. The molecule has 1 aliphatic heterocycles. The van der Waals surface area contributed by atoms with Crippen LogP contribution in [0.15, 0.2) is 29.2 Å². The maximum atomic E-state index is 11.3. The van der Waals surface area contributed by atoms with Crippen molar-refractivity contribution in [1.82, 2.24) is 0 Å². The maximum absolute atomic E-state index is 11.3. The summed E-state index contributed by atoms with van der Waals surface area (Å²) >= 11 is 0. The molecular formula is C14H20N2O4S. The standard InChI is InChI=1S/C14H20N2O4S/c15-21(19,20)13-7-4-12(5-8-13)16-10-2-1-3-11(16)6-9-14(17)18/h4-5,7-8,11H,1-3,6,9-10H2,(H,17,18)(H2,15,19,20). The summed E-state index contributed by atoms with van der Waals surface area (Å²) in [5.41, 5.74) is 0.914. The van der Waals surface area contributed by atoms with Gasteiger partial charge in [-0.25, -0.2) is 13.6 Å². The van der Waals surface area contributed by atoms with Crippen LogP contribution in [0.3, 0.4) is 0 Å². The number of carbonyl (C=O) groups is 1. The molecule has 116 valence electrons. The Bertz CT molecular complexity index is 598. The highest BCUT2D eigenvalue weighted by atomic mass is 32.2. The van der Waals surface area contributed by atoms with E-state index in [4.69, 9.17) is 10.2 Å². The van der Waals surface area contributed by atoms with Gasteiger partial charge in [0.15, 0.2) is 0 Å². The van der Waals surface area contributed by atoms with Crippen molar-refractivity contribution in [2.45, 2.75) is 43.0 Å². The lowest BCUT2D eigenvalue weighted by molar-refractivity contribution is -0.137. The normalized spacial score (nSPS) is 19.5. The van der Waals surface area contributed by atoms with E-state index in [-0.39, 0.29) is 17.4 Å². The Morgan fingerprint density at radius 1 is 1.29 bits per heavy atom. The van der Waals surface area contributed by atoms with Crippen LogP contribution in [-0.4, -0.2) is 32.1 Å². The fourth-order valence-corrected chi connectivity index (χ4v) is 3.27. The monoisotopic (exact) mass is 312 g/mol. The second-order valence-electron chi connectivity index (χ2n) is 5.31. The summed E-state index contributed by atoms with van der Waals surface area (Å²) in [7, 11) is -3.68. The Morgan fingerprint density at radius 3 is 2.52 bits per heavy atom. The third kappa shape index (κ3) is 4.18. The molecule has 1 unspecified atom stereocenters. The Morgan fingerprint density at radius 2 is 1.95 bits per heavy atom. The molecule has 0 aliphatic carbocycles. The molecule has 0 aromatic heterocycles. The first-order valence-corrected chi connectivity index (χ1v) is 8.54. The zero-order valence-electron chi connectivity index (χ0n) is 11.7. The van der Waals surface area contributed by atoms with Crippen molar-refractivity contribution < 1.29 is 18.3 Å². The summed E-state index contributed by atoms with van der Waals surface area (Å²) in [4.78, 5) is 13.0. The van der Waals surface area contributed by atoms with E-state index >= 15 is 0 Å². The number of nitrogens with two attached hydrogens (primary N) is 1. The lowest BCUT2D eigenvalue weighted by Crippen LogP contribution is -2.39. The number of nitrogens with zero attached hydrogens (tertiary/aromatic N) is 1. The van der Waals surface area contributed by atoms with E-state index in [0.717, 1.165) is 31.5 Å². The molecule has 2 rings (SSSR count). The van der Waals surface area contributed by atoms with E-state index in [1.54, 1.807) is 12.1 Å².